The lowest BCUT2D eigenvalue weighted by atomic mass is 9.99. The van der Waals surface area contributed by atoms with Gasteiger partial charge in [-0.1, -0.05) is 67.6 Å². The van der Waals surface area contributed by atoms with Crippen LogP contribution < -0.4 is 10.6 Å². The minimum atomic E-state index is -4.14. The Morgan fingerprint density at radius 2 is 0.955 bits per heavy atom. The topological polar surface area (TPSA) is 86.7 Å². The van der Waals surface area contributed by atoms with Gasteiger partial charge in [-0.2, -0.15) is 12.6 Å². The third kappa shape index (κ3) is 6.93. The van der Waals surface area contributed by atoms with Crippen molar-refractivity contribution in [1.82, 2.24) is 0 Å². The Hall–Kier alpha value is -3.05. The molecule has 4 rings (SSSR count). The van der Waals surface area contributed by atoms with E-state index in [9.17, 15) is 18.7 Å². The van der Waals surface area contributed by atoms with E-state index in [-0.39, 0.29) is 23.8 Å². The SMILES string of the molecule is CCc1cc(C)c(C(=O)P(=O)(OCCOP(=O)(C(=O)c2c(C)cc(CS)cc2C)c2ccccc2)c2ccccc2)c(C)c1. The second-order valence-electron chi connectivity index (χ2n) is 10.8. The van der Waals surface area contributed by atoms with Crippen molar-refractivity contribution in [2.24, 2.45) is 0 Å². The molecule has 0 radical (unpaired) electrons. The van der Waals surface area contributed by atoms with Gasteiger partial charge in [0.2, 0.25) is 0 Å². The van der Waals surface area contributed by atoms with Crippen molar-refractivity contribution in [3.05, 3.63) is 129 Å². The standard InChI is InChI=1S/C35H38O6P2S/c1-6-28-19-24(2)32(25(3)20-28)34(36)42(38,30-13-9-7-10-14-30)40-17-18-41-43(39,31-15-11-8-12-16-31)35(37)33-26(4)21-29(23-44)22-27(33)5/h7-16,19-22,44H,6,17-18,23H2,1-5H3. The number of aryl methyl sites for hydroxylation is 5. The van der Waals surface area contributed by atoms with E-state index in [0.717, 1.165) is 28.7 Å². The highest BCUT2D eigenvalue weighted by Gasteiger charge is 2.40. The van der Waals surface area contributed by atoms with Gasteiger partial charge in [-0.3, -0.25) is 18.7 Å². The van der Waals surface area contributed by atoms with Crippen LogP contribution in [0.4, 0.5) is 0 Å². The molecule has 0 N–H and O–H groups in total. The maximum atomic E-state index is 14.5. The summed E-state index contributed by atoms with van der Waals surface area (Å²) in [4.78, 5) is 28.0. The highest BCUT2D eigenvalue weighted by molar-refractivity contribution is 7.84. The lowest BCUT2D eigenvalue weighted by molar-refractivity contribution is 0.103. The van der Waals surface area contributed by atoms with E-state index in [1.807, 2.05) is 45.0 Å². The molecule has 0 spiro atoms. The second-order valence-corrected chi connectivity index (χ2v) is 15.7. The Morgan fingerprint density at radius 1 is 0.614 bits per heavy atom. The van der Waals surface area contributed by atoms with Gasteiger partial charge in [0.15, 0.2) is 0 Å². The Labute approximate surface area is 265 Å². The molecule has 44 heavy (non-hydrogen) atoms. The van der Waals surface area contributed by atoms with Crippen molar-refractivity contribution in [3.8, 4) is 0 Å². The van der Waals surface area contributed by atoms with Gasteiger partial charge in [-0.25, -0.2) is 0 Å². The first kappa shape index (κ1) is 33.8. The molecule has 0 bridgehead atoms. The van der Waals surface area contributed by atoms with Crippen LogP contribution in [-0.2, 0) is 30.4 Å². The Bertz CT molecular complexity index is 1590. The largest absolute Gasteiger partial charge is 0.317 e. The highest BCUT2D eigenvalue weighted by Crippen LogP contribution is 2.52. The molecule has 0 amide bonds. The third-order valence-electron chi connectivity index (χ3n) is 7.56. The molecule has 0 aliphatic rings. The molecule has 0 fully saturated rings. The zero-order chi connectivity index (χ0) is 32.1. The molecule has 0 aliphatic heterocycles. The molecule has 0 aliphatic carbocycles. The molecular formula is C35H38O6P2S. The minimum absolute atomic E-state index is 0.242. The number of thiol groups is 1. The van der Waals surface area contributed by atoms with Crippen molar-refractivity contribution in [3.63, 3.8) is 0 Å². The van der Waals surface area contributed by atoms with E-state index in [1.165, 1.54) is 0 Å². The zero-order valence-corrected chi connectivity index (χ0v) is 28.4. The molecule has 4 aromatic rings. The normalized spacial score (nSPS) is 14.0. The maximum Gasteiger partial charge on any atom is 0.300 e. The van der Waals surface area contributed by atoms with Crippen LogP contribution in [0.3, 0.4) is 0 Å². The third-order valence-corrected chi connectivity index (χ3v) is 12.5. The van der Waals surface area contributed by atoms with Crippen LogP contribution >= 0.6 is 27.4 Å². The maximum absolute atomic E-state index is 14.5. The molecule has 0 heterocycles. The van der Waals surface area contributed by atoms with E-state index < -0.39 is 25.8 Å². The van der Waals surface area contributed by atoms with Gasteiger partial charge in [0, 0.05) is 27.5 Å². The van der Waals surface area contributed by atoms with Crippen molar-refractivity contribution < 1.29 is 27.8 Å². The van der Waals surface area contributed by atoms with Gasteiger partial charge in [0.05, 0.1) is 13.2 Å². The van der Waals surface area contributed by atoms with Crippen LogP contribution in [0, 0.1) is 27.7 Å². The van der Waals surface area contributed by atoms with E-state index >= 15 is 0 Å². The number of carbonyl (C=O) groups is 2. The Morgan fingerprint density at radius 3 is 1.27 bits per heavy atom. The average molecular weight is 649 g/mol. The smallest absolute Gasteiger partial charge is 0.300 e. The summed E-state index contributed by atoms with van der Waals surface area (Å²) in [6, 6.07) is 24.2. The van der Waals surface area contributed by atoms with Crippen molar-refractivity contribution >= 4 is 49.0 Å². The second kappa shape index (κ2) is 14.4. The molecule has 230 valence electrons. The van der Waals surface area contributed by atoms with E-state index in [0.29, 0.717) is 28.0 Å². The van der Waals surface area contributed by atoms with Gasteiger partial charge >= 0.3 is 14.7 Å². The van der Waals surface area contributed by atoms with Gasteiger partial charge in [0.25, 0.3) is 11.0 Å². The van der Waals surface area contributed by atoms with Crippen molar-refractivity contribution in [1.29, 1.82) is 0 Å². The number of hydrogen-bond acceptors (Lipinski definition) is 7. The van der Waals surface area contributed by atoms with Gasteiger partial charge < -0.3 is 9.05 Å². The quantitative estimate of drug-likeness (QED) is 0.0895. The summed E-state index contributed by atoms with van der Waals surface area (Å²) in [6.07, 6.45) is 0.804. The summed E-state index contributed by atoms with van der Waals surface area (Å²) >= 11 is 4.34. The average Bonchev–Trinajstić information content (AvgIpc) is 3.02. The molecular weight excluding hydrogens is 610 g/mol. The first-order valence-electron chi connectivity index (χ1n) is 14.5. The van der Waals surface area contributed by atoms with E-state index in [4.69, 9.17) is 9.05 Å². The molecule has 2 unspecified atom stereocenters. The van der Waals surface area contributed by atoms with E-state index in [1.54, 1.807) is 74.5 Å². The number of carbonyl (C=O) groups excluding carboxylic acids is 2. The van der Waals surface area contributed by atoms with E-state index in [2.05, 4.69) is 12.6 Å². The van der Waals surface area contributed by atoms with Crippen LogP contribution in [-0.4, -0.2) is 24.3 Å². The predicted molar refractivity (Wildman–Crippen MR) is 182 cm³/mol. The fraction of sp³-hybridized carbons (Fsp3) is 0.257. The summed E-state index contributed by atoms with van der Waals surface area (Å²) in [6.45, 7) is 8.62. The number of benzene rings is 4. The minimum Gasteiger partial charge on any atom is -0.317 e. The zero-order valence-electron chi connectivity index (χ0n) is 25.7. The van der Waals surface area contributed by atoms with Crippen LogP contribution in [0.1, 0.15) is 61.0 Å². The molecule has 0 aromatic heterocycles. The Kier molecular flexibility index (Phi) is 11.0. The molecule has 2 atom stereocenters. The van der Waals surface area contributed by atoms with Crippen LogP contribution in [0.5, 0.6) is 0 Å². The van der Waals surface area contributed by atoms with Crippen LogP contribution in [0.25, 0.3) is 0 Å². The van der Waals surface area contributed by atoms with Crippen molar-refractivity contribution in [2.45, 2.75) is 46.8 Å². The summed E-state index contributed by atoms with van der Waals surface area (Å²) in [5, 5.41) is 0.493. The van der Waals surface area contributed by atoms with Crippen LogP contribution in [0.15, 0.2) is 84.9 Å². The summed E-state index contributed by atoms with van der Waals surface area (Å²) in [7, 11) is -8.26. The molecule has 4 aromatic carbocycles. The van der Waals surface area contributed by atoms with Crippen LogP contribution in [0.2, 0.25) is 0 Å². The van der Waals surface area contributed by atoms with Gasteiger partial charge in [-0.05, 0) is 91.8 Å². The first-order chi connectivity index (χ1) is 21.0. The molecule has 6 nitrogen and oxygen atoms in total. The van der Waals surface area contributed by atoms with Crippen molar-refractivity contribution in [2.75, 3.05) is 13.2 Å². The highest BCUT2D eigenvalue weighted by atomic mass is 32.1. The Balaban J connectivity index is 1.65. The lowest BCUT2D eigenvalue weighted by Crippen LogP contribution is -2.21. The summed E-state index contributed by atoms with van der Waals surface area (Å²) in [5.41, 5.74) is 4.25. The number of hydrogen-bond donors (Lipinski definition) is 1. The van der Waals surface area contributed by atoms with Gasteiger partial charge in [-0.15, -0.1) is 0 Å². The number of rotatable bonds is 13. The summed E-state index contributed by atoms with van der Waals surface area (Å²) in [5.74, 6) is 0.502. The fourth-order valence-electron chi connectivity index (χ4n) is 5.45. The molecule has 0 saturated heterocycles. The monoisotopic (exact) mass is 648 g/mol. The predicted octanol–water partition coefficient (Wildman–Crippen LogP) is 8.13. The fourth-order valence-corrected chi connectivity index (χ4v) is 9.72. The first-order valence-corrected chi connectivity index (χ1v) is 18.4. The molecule has 9 heteroatoms. The molecule has 0 saturated carbocycles. The summed E-state index contributed by atoms with van der Waals surface area (Å²) < 4.78 is 40.9. The van der Waals surface area contributed by atoms with Gasteiger partial charge in [0.1, 0.15) is 0 Å². The lowest BCUT2D eigenvalue weighted by Gasteiger charge is -2.22.